The molecule has 0 bridgehead atoms. The van der Waals surface area contributed by atoms with Crippen molar-refractivity contribution in [3.8, 4) is 0 Å². The number of piperidine rings is 2. The Bertz CT molecular complexity index is 512. The van der Waals surface area contributed by atoms with Gasteiger partial charge in [-0.25, -0.2) is 8.42 Å². The Morgan fingerprint density at radius 3 is 2.58 bits per heavy atom. The van der Waals surface area contributed by atoms with E-state index in [2.05, 4.69) is 5.32 Å². The van der Waals surface area contributed by atoms with Crippen molar-refractivity contribution in [1.82, 2.24) is 10.2 Å². The van der Waals surface area contributed by atoms with E-state index in [-0.39, 0.29) is 17.1 Å². The zero-order chi connectivity index (χ0) is 13.5. The lowest BCUT2D eigenvalue weighted by Crippen LogP contribution is -2.52. The van der Waals surface area contributed by atoms with Gasteiger partial charge in [0.1, 0.15) is 0 Å². The maximum Gasteiger partial charge on any atom is 0.233 e. The number of sulfone groups is 1. The van der Waals surface area contributed by atoms with Gasteiger partial charge in [-0.2, -0.15) is 0 Å². The largest absolute Gasteiger partial charge is 0.317 e. The highest BCUT2D eigenvalue weighted by Crippen LogP contribution is 2.41. The van der Waals surface area contributed by atoms with E-state index in [1.54, 1.807) is 4.90 Å². The highest BCUT2D eigenvalue weighted by Gasteiger charge is 2.45. The number of hydrogen-bond donors (Lipinski definition) is 1. The van der Waals surface area contributed by atoms with E-state index in [0.29, 0.717) is 18.7 Å². The van der Waals surface area contributed by atoms with Crippen molar-refractivity contribution in [1.29, 1.82) is 0 Å². The van der Waals surface area contributed by atoms with Crippen molar-refractivity contribution < 1.29 is 13.2 Å². The lowest BCUT2D eigenvalue weighted by Gasteiger charge is -2.44. The predicted molar refractivity (Wildman–Crippen MR) is 72.0 cm³/mol. The molecule has 0 radical (unpaired) electrons. The van der Waals surface area contributed by atoms with Crippen LogP contribution in [-0.2, 0) is 14.6 Å². The van der Waals surface area contributed by atoms with Crippen LogP contribution in [0.25, 0.3) is 0 Å². The third-order valence-corrected chi connectivity index (χ3v) is 6.01. The zero-order valence-electron chi connectivity index (χ0n) is 11.0. The summed E-state index contributed by atoms with van der Waals surface area (Å²) < 4.78 is 23.1. The molecule has 0 aliphatic carbocycles. The van der Waals surface area contributed by atoms with Crippen LogP contribution in [0.15, 0.2) is 11.1 Å². The zero-order valence-corrected chi connectivity index (χ0v) is 11.8. The number of allylic oxidation sites excluding steroid dienone is 1. The van der Waals surface area contributed by atoms with Gasteiger partial charge < -0.3 is 10.2 Å². The summed E-state index contributed by atoms with van der Waals surface area (Å²) in [6.07, 6.45) is 4.17. The quantitative estimate of drug-likeness (QED) is 0.767. The lowest BCUT2D eigenvalue weighted by molar-refractivity contribution is -0.146. The third-order valence-electron chi connectivity index (χ3n) is 4.60. The summed E-state index contributed by atoms with van der Waals surface area (Å²) in [6, 6.07) is 0. The van der Waals surface area contributed by atoms with E-state index < -0.39 is 9.84 Å². The Labute approximate surface area is 114 Å². The topological polar surface area (TPSA) is 66.5 Å². The van der Waals surface area contributed by atoms with Crippen molar-refractivity contribution in [2.24, 2.45) is 5.41 Å². The molecule has 3 heterocycles. The molecule has 6 heteroatoms. The van der Waals surface area contributed by atoms with Gasteiger partial charge in [-0.05, 0) is 38.8 Å². The normalized spacial score (nSPS) is 29.6. The smallest absolute Gasteiger partial charge is 0.233 e. The Morgan fingerprint density at radius 1 is 1.21 bits per heavy atom. The van der Waals surface area contributed by atoms with E-state index in [0.717, 1.165) is 38.8 Å². The second kappa shape index (κ2) is 4.59. The molecule has 3 aliphatic rings. The number of rotatable bonds is 1. The molecule has 1 spiro atoms. The minimum Gasteiger partial charge on any atom is -0.317 e. The molecule has 5 nitrogen and oxygen atoms in total. The van der Waals surface area contributed by atoms with Crippen LogP contribution < -0.4 is 5.32 Å². The van der Waals surface area contributed by atoms with Gasteiger partial charge in [0.25, 0.3) is 0 Å². The van der Waals surface area contributed by atoms with E-state index in [9.17, 15) is 13.2 Å². The molecule has 19 heavy (non-hydrogen) atoms. The second-order valence-corrected chi connectivity index (χ2v) is 7.79. The van der Waals surface area contributed by atoms with Crippen LogP contribution in [0.4, 0.5) is 0 Å². The fourth-order valence-electron chi connectivity index (χ4n) is 3.48. The van der Waals surface area contributed by atoms with Crippen LogP contribution in [-0.4, -0.2) is 44.6 Å². The first-order chi connectivity index (χ1) is 9.03. The third kappa shape index (κ3) is 2.31. The first kappa shape index (κ1) is 13.1. The van der Waals surface area contributed by atoms with Crippen LogP contribution in [0.5, 0.6) is 0 Å². The number of nitrogens with one attached hydrogen (secondary N) is 1. The first-order valence-electron chi connectivity index (χ1n) is 6.99. The van der Waals surface area contributed by atoms with E-state index in [1.165, 1.54) is 5.41 Å². The number of likely N-dealkylation sites (tertiary alicyclic amines) is 1. The molecule has 2 saturated heterocycles. The average molecular weight is 284 g/mol. The molecule has 0 saturated carbocycles. The van der Waals surface area contributed by atoms with Gasteiger partial charge in [-0.1, -0.05) is 0 Å². The Balaban J connectivity index is 1.85. The average Bonchev–Trinajstić information content (AvgIpc) is 2.74. The van der Waals surface area contributed by atoms with Gasteiger partial charge in [0, 0.05) is 18.7 Å². The summed E-state index contributed by atoms with van der Waals surface area (Å²) >= 11 is 0. The summed E-state index contributed by atoms with van der Waals surface area (Å²) in [7, 11) is -3.08. The summed E-state index contributed by atoms with van der Waals surface area (Å²) in [4.78, 5) is 14.5. The van der Waals surface area contributed by atoms with Crippen LogP contribution in [0.3, 0.4) is 0 Å². The minimum absolute atomic E-state index is 0.153. The summed E-state index contributed by atoms with van der Waals surface area (Å²) in [5.41, 5.74) is 0.471. The molecule has 0 unspecified atom stereocenters. The Hall–Kier alpha value is -0.880. The van der Waals surface area contributed by atoms with Gasteiger partial charge in [-0.15, -0.1) is 0 Å². The van der Waals surface area contributed by atoms with Gasteiger partial charge in [0.05, 0.1) is 16.6 Å². The number of carbonyl (C=O) groups is 1. The van der Waals surface area contributed by atoms with Crippen LogP contribution in [0, 0.1) is 5.41 Å². The molecule has 3 rings (SSSR count). The Kier molecular flexibility index (Phi) is 3.17. The molecule has 0 aromatic rings. The maximum atomic E-state index is 12.8. The van der Waals surface area contributed by atoms with Crippen molar-refractivity contribution in [2.75, 3.05) is 25.4 Å². The second-order valence-electron chi connectivity index (χ2n) is 5.82. The minimum atomic E-state index is -3.08. The number of hydrogen-bond acceptors (Lipinski definition) is 4. The number of amides is 1. The molecule has 0 atom stereocenters. The maximum absolute atomic E-state index is 12.8. The van der Waals surface area contributed by atoms with Crippen molar-refractivity contribution in [3.63, 3.8) is 0 Å². The number of nitrogens with zero attached hydrogens (tertiary/aromatic N) is 1. The molecule has 1 amide bonds. The summed E-state index contributed by atoms with van der Waals surface area (Å²) in [5, 5.41) is 4.60. The molecule has 106 valence electrons. The fourth-order valence-corrected chi connectivity index (χ4v) is 4.76. The van der Waals surface area contributed by atoms with Gasteiger partial charge in [0.15, 0.2) is 9.84 Å². The predicted octanol–water partition coefficient (Wildman–Crippen LogP) is 0.638. The van der Waals surface area contributed by atoms with Crippen molar-refractivity contribution >= 4 is 15.7 Å². The molecule has 0 aromatic carbocycles. The number of carbonyl (C=O) groups excluding carboxylic acids is 1. The monoisotopic (exact) mass is 284 g/mol. The first-order valence-corrected chi connectivity index (χ1v) is 8.70. The van der Waals surface area contributed by atoms with Crippen LogP contribution in [0.2, 0.25) is 0 Å². The molecule has 0 aromatic heterocycles. The van der Waals surface area contributed by atoms with Crippen LogP contribution in [0.1, 0.15) is 32.1 Å². The van der Waals surface area contributed by atoms with E-state index in [4.69, 9.17) is 0 Å². The molecule has 3 aliphatic heterocycles. The highest BCUT2D eigenvalue weighted by atomic mass is 32.2. The van der Waals surface area contributed by atoms with E-state index >= 15 is 0 Å². The Morgan fingerprint density at radius 2 is 1.95 bits per heavy atom. The van der Waals surface area contributed by atoms with E-state index in [1.807, 2.05) is 0 Å². The molecule has 2 fully saturated rings. The van der Waals surface area contributed by atoms with Crippen LogP contribution >= 0.6 is 0 Å². The lowest BCUT2D eigenvalue weighted by atomic mass is 9.72. The van der Waals surface area contributed by atoms with Gasteiger partial charge in [0.2, 0.25) is 5.91 Å². The van der Waals surface area contributed by atoms with Crippen molar-refractivity contribution in [2.45, 2.75) is 32.1 Å². The molecular weight excluding hydrogens is 264 g/mol. The summed E-state index contributed by atoms with van der Waals surface area (Å²) in [5.74, 6) is 0.310. The highest BCUT2D eigenvalue weighted by molar-refractivity contribution is 7.94. The standard InChI is InChI=1S/C13H20N2O3S/c16-12-13(4-6-14-7-5-13)3-1-8-15(12)11-2-9-19(17,18)10-11/h10,14H,1-9H2. The molecule has 1 N–H and O–H groups in total. The van der Waals surface area contributed by atoms with Gasteiger partial charge in [-0.3, -0.25) is 4.79 Å². The van der Waals surface area contributed by atoms with Crippen molar-refractivity contribution in [3.05, 3.63) is 11.1 Å². The fraction of sp³-hybridized carbons (Fsp3) is 0.769. The van der Waals surface area contributed by atoms with Gasteiger partial charge >= 0.3 is 0 Å². The summed E-state index contributed by atoms with van der Waals surface area (Å²) in [6.45, 7) is 2.45. The molecular formula is C13H20N2O3S. The SMILES string of the molecule is O=C1N(C2=CS(=O)(=O)CC2)CCCC12CCNCC2.